The number of rotatable bonds is 5. The number of carbonyl (C=O) groups excluding carboxylic acids is 1. The second-order valence-electron chi connectivity index (χ2n) is 6.27. The van der Waals surface area contributed by atoms with Crippen molar-refractivity contribution < 1.29 is 13.2 Å². The minimum atomic E-state index is -3.68. The van der Waals surface area contributed by atoms with Crippen LogP contribution in [0.25, 0.3) is 0 Å². The lowest BCUT2D eigenvalue weighted by Crippen LogP contribution is -2.28. The van der Waals surface area contributed by atoms with Gasteiger partial charge in [0, 0.05) is 38.1 Å². The molecule has 8 nitrogen and oxygen atoms in total. The quantitative estimate of drug-likeness (QED) is 0.659. The summed E-state index contributed by atoms with van der Waals surface area (Å²) in [4.78, 5) is 16.6. The Morgan fingerprint density at radius 1 is 1.32 bits per heavy atom. The van der Waals surface area contributed by atoms with Crippen molar-refractivity contribution in [1.82, 2.24) is 24.4 Å². The summed E-state index contributed by atoms with van der Waals surface area (Å²) < 4.78 is 29.2. The summed E-state index contributed by atoms with van der Waals surface area (Å²) in [5, 5.41) is 7.10. The lowest BCUT2D eigenvalue weighted by atomic mass is 10.2. The summed E-state index contributed by atoms with van der Waals surface area (Å²) in [5.41, 5.74) is 2.43. The second kappa shape index (κ2) is 7.28. The third kappa shape index (κ3) is 3.44. The van der Waals surface area contributed by atoms with Crippen LogP contribution in [-0.4, -0.2) is 33.4 Å². The van der Waals surface area contributed by atoms with Gasteiger partial charge in [0.1, 0.15) is 4.21 Å². The Hall–Kier alpha value is -2.27. The first-order valence-corrected chi connectivity index (χ1v) is 11.0. The fourth-order valence-electron chi connectivity index (χ4n) is 3.05. The summed E-state index contributed by atoms with van der Waals surface area (Å²) >= 11 is 6.89. The van der Waals surface area contributed by atoms with Gasteiger partial charge in [-0.05, 0) is 23.8 Å². The van der Waals surface area contributed by atoms with E-state index in [4.69, 9.17) is 11.6 Å². The standard InChI is InChI=1S/C17H16ClN5O3S2/c1-22-13-10-23(28(25,26)15-5-4-14(18)27-15)9-12(13)16(21-22)17(24)20-8-11-3-2-6-19-7-11/h2-7H,8-10H2,1H3,(H,20,24). The van der Waals surface area contributed by atoms with Gasteiger partial charge < -0.3 is 5.32 Å². The topological polar surface area (TPSA) is 97.2 Å². The van der Waals surface area contributed by atoms with Crippen LogP contribution in [0.1, 0.15) is 27.3 Å². The molecule has 11 heteroatoms. The number of thiophene rings is 1. The maximum atomic E-state index is 12.9. The van der Waals surface area contributed by atoms with E-state index < -0.39 is 10.0 Å². The molecule has 0 saturated carbocycles. The number of fused-ring (bicyclic) bond motifs is 1. The number of aromatic nitrogens is 3. The fraction of sp³-hybridized carbons (Fsp3) is 0.235. The Morgan fingerprint density at radius 2 is 2.14 bits per heavy atom. The van der Waals surface area contributed by atoms with Crippen LogP contribution in [0, 0.1) is 0 Å². The molecule has 28 heavy (non-hydrogen) atoms. The molecular formula is C17H16ClN5O3S2. The third-order valence-corrected chi connectivity index (χ3v) is 7.96. The number of halogens is 1. The monoisotopic (exact) mass is 437 g/mol. The van der Waals surface area contributed by atoms with E-state index in [9.17, 15) is 13.2 Å². The molecule has 1 aliphatic rings. The van der Waals surface area contributed by atoms with Crippen LogP contribution in [0.4, 0.5) is 0 Å². The van der Waals surface area contributed by atoms with Gasteiger partial charge in [-0.15, -0.1) is 11.3 Å². The van der Waals surface area contributed by atoms with Crippen molar-refractivity contribution >= 4 is 38.9 Å². The molecule has 3 aromatic heterocycles. The predicted molar refractivity (Wildman–Crippen MR) is 104 cm³/mol. The second-order valence-corrected chi connectivity index (χ2v) is 10.2. The van der Waals surface area contributed by atoms with Gasteiger partial charge in [-0.1, -0.05) is 17.7 Å². The van der Waals surface area contributed by atoms with E-state index in [-0.39, 0.29) is 28.9 Å². The fourth-order valence-corrected chi connectivity index (χ4v) is 6.06. The van der Waals surface area contributed by atoms with Crippen LogP contribution < -0.4 is 5.32 Å². The van der Waals surface area contributed by atoms with Crippen molar-refractivity contribution in [2.24, 2.45) is 7.05 Å². The molecule has 0 aromatic carbocycles. The number of hydrogen-bond donors (Lipinski definition) is 1. The van der Waals surface area contributed by atoms with Gasteiger partial charge in [-0.25, -0.2) is 8.42 Å². The number of pyridine rings is 1. The Morgan fingerprint density at radius 3 is 2.82 bits per heavy atom. The molecule has 146 valence electrons. The zero-order chi connectivity index (χ0) is 19.9. The molecule has 0 bridgehead atoms. The molecule has 0 saturated heterocycles. The highest BCUT2D eigenvalue weighted by molar-refractivity contribution is 7.91. The van der Waals surface area contributed by atoms with E-state index >= 15 is 0 Å². The Balaban J connectivity index is 1.54. The summed E-state index contributed by atoms with van der Waals surface area (Å²) in [5.74, 6) is -0.348. The molecule has 4 rings (SSSR count). The van der Waals surface area contributed by atoms with E-state index in [1.807, 2.05) is 6.07 Å². The van der Waals surface area contributed by atoms with Gasteiger partial charge in [-0.2, -0.15) is 9.40 Å². The van der Waals surface area contributed by atoms with Crippen molar-refractivity contribution in [3.63, 3.8) is 0 Å². The largest absolute Gasteiger partial charge is 0.346 e. The van der Waals surface area contributed by atoms with Crippen molar-refractivity contribution in [1.29, 1.82) is 0 Å². The van der Waals surface area contributed by atoms with Crippen molar-refractivity contribution in [2.75, 3.05) is 0 Å². The number of carbonyl (C=O) groups is 1. The Kier molecular flexibility index (Phi) is 4.96. The van der Waals surface area contributed by atoms with Crippen LogP contribution in [0.5, 0.6) is 0 Å². The SMILES string of the molecule is Cn1nc(C(=O)NCc2cccnc2)c2c1CN(S(=O)(=O)c1ccc(Cl)s1)C2. The number of aryl methyl sites for hydroxylation is 1. The highest BCUT2D eigenvalue weighted by Crippen LogP contribution is 2.34. The predicted octanol–water partition coefficient (Wildman–Crippen LogP) is 2.16. The van der Waals surface area contributed by atoms with E-state index in [0.717, 1.165) is 16.9 Å². The molecule has 1 aliphatic heterocycles. The van der Waals surface area contributed by atoms with E-state index in [2.05, 4.69) is 15.4 Å². The molecule has 0 aliphatic carbocycles. The number of amides is 1. The molecule has 4 heterocycles. The Bertz CT molecular complexity index is 1140. The van der Waals surface area contributed by atoms with Crippen molar-refractivity contribution in [2.45, 2.75) is 23.8 Å². The maximum absolute atomic E-state index is 12.9. The molecular weight excluding hydrogens is 422 g/mol. The lowest BCUT2D eigenvalue weighted by Gasteiger charge is -2.15. The highest BCUT2D eigenvalue weighted by atomic mass is 35.5. The zero-order valence-electron chi connectivity index (χ0n) is 14.8. The first kappa shape index (κ1) is 19.1. The molecule has 0 radical (unpaired) electrons. The molecule has 3 aromatic rings. The summed E-state index contributed by atoms with van der Waals surface area (Å²) in [7, 11) is -1.98. The first-order chi connectivity index (χ1) is 13.4. The zero-order valence-corrected chi connectivity index (χ0v) is 17.2. The number of nitrogens with one attached hydrogen (secondary N) is 1. The van der Waals surface area contributed by atoms with Gasteiger partial charge in [0.2, 0.25) is 0 Å². The van der Waals surface area contributed by atoms with E-state index in [1.54, 1.807) is 36.3 Å². The molecule has 0 fully saturated rings. The number of hydrogen-bond acceptors (Lipinski definition) is 6. The minimum absolute atomic E-state index is 0.0939. The van der Waals surface area contributed by atoms with Gasteiger partial charge in [0.25, 0.3) is 15.9 Å². The number of sulfonamides is 1. The minimum Gasteiger partial charge on any atom is -0.346 e. The van der Waals surface area contributed by atoms with Crippen molar-refractivity contribution in [3.8, 4) is 0 Å². The summed E-state index contributed by atoms with van der Waals surface area (Å²) in [6.07, 6.45) is 3.33. The summed E-state index contributed by atoms with van der Waals surface area (Å²) in [6.45, 7) is 0.566. The Labute approximate surface area is 170 Å². The van der Waals surface area contributed by atoms with E-state index in [1.165, 1.54) is 10.4 Å². The van der Waals surface area contributed by atoms with Crippen LogP contribution >= 0.6 is 22.9 Å². The van der Waals surface area contributed by atoms with Crippen LogP contribution in [0.3, 0.4) is 0 Å². The number of nitrogens with zero attached hydrogens (tertiary/aromatic N) is 4. The highest BCUT2D eigenvalue weighted by Gasteiger charge is 2.37. The molecule has 0 atom stereocenters. The van der Waals surface area contributed by atoms with Crippen LogP contribution in [0.2, 0.25) is 4.34 Å². The normalized spacial score (nSPS) is 14.2. The van der Waals surface area contributed by atoms with Crippen LogP contribution in [0.15, 0.2) is 40.9 Å². The van der Waals surface area contributed by atoms with Crippen LogP contribution in [-0.2, 0) is 36.7 Å². The molecule has 0 unspecified atom stereocenters. The average Bonchev–Trinajstić information content (AvgIpc) is 3.38. The maximum Gasteiger partial charge on any atom is 0.272 e. The lowest BCUT2D eigenvalue weighted by molar-refractivity contribution is 0.0943. The van der Waals surface area contributed by atoms with E-state index in [0.29, 0.717) is 22.1 Å². The molecule has 1 amide bonds. The summed E-state index contributed by atoms with van der Waals surface area (Å²) in [6, 6.07) is 6.70. The van der Waals surface area contributed by atoms with Gasteiger partial charge in [-0.3, -0.25) is 14.5 Å². The van der Waals surface area contributed by atoms with Gasteiger partial charge in [0.05, 0.1) is 16.6 Å². The average molecular weight is 438 g/mol. The molecule has 0 spiro atoms. The van der Waals surface area contributed by atoms with Crippen molar-refractivity contribution in [3.05, 3.63) is 63.5 Å². The van der Waals surface area contributed by atoms with Gasteiger partial charge >= 0.3 is 0 Å². The smallest absolute Gasteiger partial charge is 0.272 e. The third-order valence-electron chi connectivity index (χ3n) is 4.47. The first-order valence-electron chi connectivity index (χ1n) is 8.33. The molecule has 1 N–H and O–H groups in total. The van der Waals surface area contributed by atoms with Gasteiger partial charge in [0.15, 0.2) is 5.69 Å².